The van der Waals surface area contributed by atoms with E-state index in [2.05, 4.69) is 0 Å². The smallest absolute Gasteiger partial charge is 0.248 e. The van der Waals surface area contributed by atoms with Crippen LogP contribution in [-0.4, -0.2) is 63.4 Å². The minimum absolute atomic E-state index is 0.0323. The van der Waals surface area contributed by atoms with Crippen LogP contribution in [0.5, 0.6) is 0 Å². The molecule has 1 fully saturated rings. The van der Waals surface area contributed by atoms with Crippen LogP contribution in [0.25, 0.3) is 0 Å². The highest BCUT2D eigenvalue weighted by atomic mass is 32.2. The van der Waals surface area contributed by atoms with Gasteiger partial charge in [-0.05, 0) is 18.6 Å². The third-order valence-corrected chi connectivity index (χ3v) is 5.63. The molecule has 2 rings (SSSR count). The van der Waals surface area contributed by atoms with Crippen molar-refractivity contribution in [1.82, 2.24) is 9.21 Å². The number of hydrogen-bond donors (Lipinski definition) is 0. The fraction of sp³-hybridized carbons (Fsp3) is 0.500. The second-order valence-electron chi connectivity index (χ2n) is 4.98. The lowest BCUT2D eigenvalue weighted by Crippen LogP contribution is -2.51. The summed E-state index contributed by atoms with van der Waals surface area (Å²) in [5.41, 5.74) is 0.732. The van der Waals surface area contributed by atoms with Crippen molar-refractivity contribution >= 4 is 15.9 Å². The van der Waals surface area contributed by atoms with Gasteiger partial charge in [0.1, 0.15) is 6.61 Å². The topological polar surface area (TPSA) is 66.9 Å². The van der Waals surface area contributed by atoms with Crippen molar-refractivity contribution in [2.24, 2.45) is 0 Å². The number of methoxy groups -OCH3 is 1. The molecule has 21 heavy (non-hydrogen) atoms. The number of amides is 1. The first kappa shape index (κ1) is 15.9. The Morgan fingerprint density at radius 3 is 2.38 bits per heavy atom. The molecule has 1 aliphatic heterocycles. The van der Waals surface area contributed by atoms with Crippen molar-refractivity contribution < 1.29 is 17.9 Å². The summed E-state index contributed by atoms with van der Waals surface area (Å²) in [6.07, 6.45) is 0. The minimum atomic E-state index is -3.49. The first-order valence-electron chi connectivity index (χ1n) is 6.79. The van der Waals surface area contributed by atoms with Gasteiger partial charge in [0.2, 0.25) is 15.9 Å². The molecule has 1 aromatic carbocycles. The predicted molar refractivity (Wildman–Crippen MR) is 78.4 cm³/mol. The number of benzene rings is 1. The number of carbonyl (C=O) groups is 1. The van der Waals surface area contributed by atoms with Gasteiger partial charge in [-0.25, -0.2) is 8.42 Å². The second-order valence-corrected chi connectivity index (χ2v) is 6.89. The number of ether oxygens (including phenoxy) is 1. The Hall–Kier alpha value is -1.44. The molecule has 6 nitrogen and oxygen atoms in total. The molecule has 1 saturated heterocycles. The van der Waals surface area contributed by atoms with Crippen LogP contribution >= 0.6 is 0 Å². The number of sulfonamides is 1. The molecule has 1 aliphatic rings. The van der Waals surface area contributed by atoms with E-state index in [4.69, 9.17) is 4.74 Å². The highest BCUT2D eigenvalue weighted by Crippen LogP contribution is 2.20. The Kier molecular flexibility index (Phi) is 4.97. The Labute approximate surface area is 125 Å². The standard InChI is InChI=1S/C14H20N2O4S/c1-12-5-3-4-6-13(12)21(18,19)16-9-7-15(8-10-16)14(17)11-20-2/h3-6H,7-11H2,1-2H3. The molecule has 0 atom stereocenters. The fourth-order valence-electron chi connectivity index (χ4n) is 2.38. The molecule has 0 saturated carbocycles. The summed E-state index contributed by atoms with van der Waals surface area (Å²) in [5.74, 6) is -0.106. The molecule has 0 N–H and O–H groups in total. The molecule has 0 spiro atoms. The molecule has 0 aromatic heterocycles. The quantitative estimate of drug-likeness (QED) is 0.811. The highest BCUT2D eigenvalue weighted by Gasteiger charge is 2.30. The maximum atomic E-state index is 12.6. The second kappa shape index (κ2) is 6.55. The van der Waals surface area contributed by atoms with E-state index in [0.29, 0.717) is 31.1 Å². The summed E-state index contributed by atoms with van der Waals surface area (Å²) in [7, 11) is -2.02. The van der Waals surface area contributed by atoms with E-state index in [0.717, 1.165) is 5.56 Å². The third-order valence-electron chi connectivity index (χ3n) is 3.57. The van der Waals surface area contributed by atoms with Crippen LogP contribution in [0.2, 0.25) is 0 Å². The maximum absolute atomic E-state index is 12.6. The highest BCUT2D eigenvalue weighted by molar-refractivity contribution is 7.89. The van der Waals surface area contributed by atoms with Crippen molar-refractivity contribution in [3.63, 3.8) is 0 Å². The lowest BCUT2D eigenvalue weighted by molar-refractivity contribution is -0.136. The summed E-state index contributed by atoms with van der Waals surface area (Å²) in [4.78, 5) is 13.7. The normalized spacial score (nSPS) is 17.0. The number of aryl methyl sites for hydroxylation is 1. The Balaban J connectivity index is 2.08. The van der Waals surface area contributed by atoms with Crippen LogP contribution in [0.1, 0.15) is 5.56 Å². The average Bonchev–Trinajstić information content (AvgIpc) is 2.48. The van der Waals surface area contributed by atoms with Gasteiger partial charge in [0.05, 0.1) is 4.90 Å². The molecule has 1 aromatic rings. The summed E-state index contributed by atoms with van der Waals surface area (Å²) in [6.45, 7) is 3.23. The molecular formula is C14H20N2O4S. The zero-order valence-electron chi connectivity index (χ0n) is 12.3. The third kappa shape index (κ3) is 3.42. The van der Waals surface area contributed by atoms with Gasteiger partial charge in [0.25, 0.3) is 0 Å². The van der Waals surface area contributed by atoms with Crippen molar-refractivity contribution in [2.75, 3.05) is 39.9 Å². The van der Waals surface area contributed by atoms with E-state index in [9.17, 15) is 13.2 Å². The summed E-state index contributed by atoms with van der Waals surface area (Å²) in [5, 5.41) is 0. The van der Waals surface area contributed by atoms with Gasteiger partial charge in [-0.2, -0.15) is 4.31 Å². The Morgan fingerprint density at radius 1 is 1.19 bits per heavy atom. The Morgan fingerprint density at radius 2 is 1.81 bits per heavy atom. The van der Waals surface area contributed by atoms with Crippen molar-refractivity contribution in [2.45, 2.75) is 11.8 Å². The maximum Gasteiger partial charge on any atom is 0.248 e. The first-order chi connectivity index (χ1) is 9.96. The molecule has 0 bridgehead atoms. The van der Waals surface area contributed by atoms with Crippen molar-refractivity contribution in [3.05, 3.63) is 29.8 Å². The van der Waals surface area contributed by atoms with Crippen LogP contribution in [0, 0.1) is 6.92 Å². The molecule has 0 unspecified atom stereocenters. The molecular weight excluding hydrogens is 292 g/mol. The van der Waals surface area contributed by atoms with E-state index in [1.165, 1.54) is 11.4 Å². The number of rotatable bonds is 4. The monoisotopic (exact) mass is 312 g/mol. The summed E-state index contributed by atoms with van der Waals surface area (Å²) < 4.78 is 31.5. The van der Waals surface area contributed by atoms with Gasteiger partial charge in [-0.15, -0.1) is 0 Å². The summed E-state index contributed by atoms with van der Waals surface area (Å²) in [6, 6.07) is 6.94. The van der Waals surface area contributed by atoms with Crippen LogP contribution in [-0.2, 0) is 19.6 Å². The van der Waals surface area contributed by atoms with E-state index >= 15 is 0 Å². The molecule has 0 aliphatic carbocycles. The lowest BCUT2D eigenvalue weighted by Gasteiger charge is -2.34. The van der Waals surface area contributed by atoms with Gasteiger partial charge in [-0.3, -0.25) is 4.79 Å². The SMILES string of the molecule is COCC(=O)N1CCN(S(=O)(=O)c2ccccc2C)CC1. The molecule has 7 heteroatoms. The molecule has 1 heterocycles. The van der Waals surface area contributed by atoms with E-state index in [-0.39, 0.29) is 12.5 Å². The van der Waals surface area contributed by atoms with Gasteiger partial charge >= 0.3 is 0 Å². The lowest BCUT2D eigenvalue weighted by atomic mass is 10.2. The molecule has 1 amide bonds. The Bertz CT molecular complexity index is 607. The van der Waals surface area contributed by atoms with Gasteiger partial charge in [0, 0.05) is 33.3 Å². The van der Waals surface area contributed by atoms with Crippen LogP contribution in [0.4, 0.5) is 0 Å². The average molecular weight is 312 g/mol. The largest absolute Gasteiger partial charge is 0.375 e. The van der Waals surface area contributed by atoms with Crippen LogP contribution in [0.15, 0.2) is 29.2 Å². The van der Waals surface area contributed by atoms with Gasteiger partial charge < -0.3 is 9.64 Å². The molecule has 116 valence electrons. The van der Waals surface area contributed by atoms with Crippen molar-refractivity contribution in [3.8, 4) is 0 Å². The van der Waals surface area contributed by atoms with Gasteiger partial charge in [0.15, 0.2) is 0 Å². The number of nitrogens with zero attached hydrogens (tertiary/aromatic N) is 2. The minimum Gasteiger partial charge on any atom is -0.375 e. The zero-order chi connectivity index (χ0) is 15.5. The number of carbonyl (C=O) groups excluding carboxylic acids is 1. The van der Waals surface area contributed by atoms with Crippen molar-refractivity contribution in [1.29, 1.82) is 0 Å². The van der Waals surface area contributed by atoms with E-state index in [1.54, 1.807) is 30.0 Å². The summed E-state index contributed by atoms with van der Waals surface area (Å²) >= 11 is 0. The van der Waals surface area contributed by atoms with Gasteiger partial charge in [-0.1, -0.05) is 18.2 Å². The number of piperazine rings is 1. The first-order valence-corrected chi connectivity index (χ1v) is 8.23. The zero-order valence-corrected chi connectivity index (χ0v) is 13.1. The van der Waals surface area contributed by atoms with E-state index in [1.807, 2.05) is 6.07 Å². The van der Waals surface area contributed by atoms with E-state index < -0.39 is 10.0 Å². The van der Waals surface area contributed by atoms with Crippen LogP contribution < -0.4 is 0 Å². The number of hydrogen-bond acceptors (Lipinski definition) is 4. The molecule has 0 radical (unpaired) electrons. The fourth-order valence-corrected chi connectivity index (χ4v) is 4.03. The van der Waals surface area contributed by atoms with Crippen LogP contribution in [0.3, 0.4) is 0 Å². The predicted octanol–water partition coefficient (Wildman–Crippen LogP) is 0.474.